The van der Waals surface area contributed by atoms with Crippen LogP contribution in [0.5, 0.6) is 0 Å². The number of hydrogen-bond acceptors (Lipinski definition) is 22. The number of fused-ring (bicyclic) bond motifs is 6. The lowest BCUT2D eigenvalue weighted by Crippen LogP contribution is -2.49. The van der Waals surface area contributed by atoms with E-state index in [9.17, 15) is 62.6 Å². The predicted octanol–water partition coefficient (Wildman–Crippen LogP) is 14.0. The summed E-state index contributed by atoms with van der Waals surface area (Å²) in [6.07, 6.45) is 15.9. The van der Waals surface area contributed by atoms with Crippen LogP contribution in [0.4, 0.5) is 33.6 Å². The van der Waals surface area contributed by atoms with E-state index < -0.39 is 83.7 Å². The molecule has 4 aromatic carbocycles. The minimum atomic E-state index is -1.14. The molecule has 2 aliphatic heterocycles. The average molecular weight is 1840 g/mol. The normalized spacial score (nSPS) is 21.1. The van der Waals surface area contributed by atoms with Gasteiger partial charge in [-0.05, 0) is 214 Å². The molecule has 17 N–H and O–H groups in total. The molecule has 5 fully saturated rings. The quantitative estimate of drug-likeness (QED) is 0.0136. The zero-order valence-electron chi connectivity index (χ0n) is 76.9. The number of hydrogen-bond donors (Lipinski definition) is 14. The largest absolute Gasteiger partial charge is 0.481 e. The third-order valence-corrected chi connectivity index (χ3v) is 23.9. The molecule has 11 rings (SSSR count). The molecule has 7 atom stereocenters. The average Bonchev–Trinajstić information content (AvgIpc) is 1.62. The number of amides is 11. The number of likely N-dealkylation sites (tertiary alicyclic amines) is 2. The van der Waals surface area contributed by atoms with Crippen LogP contribution in [0, 0.1) is 35.5 Å². The van der Waals surface area contributed by atoms with Crippen LogP contribution in [0.2, 0.25) is 0 Å². The van der Waals surface area contributed by atoms with Gasteiger partial charge in [-0.2, -0.15) is 15.3 Å². The van der Waals surface area contributed by atoms with Crippen molar-refractivity contribution in [2.24, 2.45) is 68.0 Å². The molecule has 0 aromatic heterocycles. The SMILES string of the molecule is C.C.C.CC(C)(C)OC(=O)N[C@@H]1C[C@@H](C(=O)O)N(C(=O)OCC2c3ccccc3-c3ccccc32)C1.CCC(=O)C1CCC(CNC(=O)N/N=C/[C@@H](N)CC)CC1.CCC(=O)C1CCC(CNC(=O)N/N=C/[C@H](CC)NC(=O)[C@@H]2C[C@@H](N)CN2C(=O)OCC2c3ccccc3-c3ccccc32)CC1.CC[C@@H](/C=N/NC(=O)NCC1CCC(C(=O)O)CC1)NC(=O)OC(C)(C)C.CN. The summed E-state index contributed by atoms with van der Waals surface area (Å²) < 4.78 is 21.9. The fraction of sp³-hybridized carbons (Fsp3) is 0.598. The molecule has 4 aromatic rings. The Morgan fingerprint density at radius 1 is 0.455 bits per heavy atom. The number of ether oxygens (including phenoxy) is 4. The third kappa shape index (κ3) is 35.8. The summed E-state index contributed by atoms with van der Waals surface area (Å²) in [5.74, 6) is -0.508. The van der Waals surface area contributed by atoms with E-state index in [2.05, 4.69) is 93.5 Å². The summed E-state index contributed by atoms with van der Waals surface area (Å²) in [4.78, 5) is 148. The van der Waals surface area contributed by atoms with E-state index in [0.29, 0.717) is 88.0 Å². The second kappa shape index (κ2) is 56.3. The van der Waals surface area contributed by atoms with E-state index in [0.717, 1.165) is 120 Å². The number of nitrogens with two attached hydrogens (primary N) is 3. The monoisotopic (exact) mass is 1840 g/mol. The summed E-state index contributed by atoms with van der Waals surface area (Å²) in [5, 5.41) is 46.9. The maximum absolute atomic E-state index is 13.3. The van der Waals surface area contributed by atoms with Crippen molar-refractivity contribution < 1.29 is 86.7 Å². The van der Waals surface area contributed by atoms with Gasteiger partial charge in [0, 0.05) is 106 Å². The van der Waals surface area contributed by atoms with Crippen LogP contribution in [-0.2, 0) is 42.9 Å². The number of urea groups is 3. The van der Waals surface area contributed by atoms with Gasteiger partial charge in [0.05, 0.1) is 24.0 Å². The Morgan fingerprint density at radius 3 is 1.15 bits per heavy atom. The first kappa shape index (κ1) is 113. The number of hydrazone groups is 3. The highest BCUT2D eigenvalue weighted by atomic mass is 16.6. The molecule has 0 unspecified atom stereocenters. The van der Waals surface area contributed by atoms with Crippen molar-refractivity contribution in [3.05, 3.63) is 119 Å². The van der Waals surface area contributed by atoms with Crippen LogP contribution in [0.15, 0.2) is 112 Å². The minimum Gasteiger partial charge on any atom is -0.481 e. The summed E-state index contributed by atoms with van der Waals surface area (Å²) in [7, 11) is 1.50. The zero-order chi connectivity index (χ0) is 94.5. The first-order valence-electron chi connectivity index (χ1n) is 45.4. The van der Waals surface area contributed by atoms with E-state index in [1.165, 1.54) is 30.6 Å². The second-order valence-corrected chi connectivity index (χ2v) is 35.5. The molecule has 0 spiro atoms. The van der Waals surface area contributed by atoms with Crippen molar-refractivity contribution in [3.63, 3.8) is 0 Å². The van der Waals surface area contributed by atoms with Crippen molar-refractivity contribution in [2.75, 3.05) is 53.0 Å². The number of carboxylic acid groups (broad SMARTS) is 2. The second-order valence-electron chi connectivity index (χ2n) is 35.5. The van der Waals surface area contributed by atoms with E-state index in [1.807, 2.05) is 107 Å². The number of alkyl carbamates (subject to hydrolysis) is 2. The topological polar surface area (TPSA) is 512 Å². The Kier molecular flexibility index (Phi) is 48.1. The van der Waals surface area contributed by atoms with Gasteiger partial charge in [-0.1, -0.05) is 154 Å². The van der Waals surface area contributed by atoms with Crippen molar-refractivity contribution in [1.29, 1.82) is 0 Å². The van der Waals surface area contributed by atoms with Gasteiger partial charge in [0.1, 0.15) is 48.1 Å². The molecule has 5 aliphatic carbocycles. The molecule has 2 heterocycles. The van der Waals surface area contributed by atoms with Crippen LogP contribution >= 0.6 is 0 Å². The van der Waals surface area contributed by atoms with Gasteiger partial charge >= 0.3 is 54.4 Å². The molecule has 7 aliphatic rings. The van der Waals surface area contributed by atoms with Gasteiger partial charge in [-0.25, -0.2) is 54.6 Å². The Bertz CT molecular complexity index is 4360. The van der Waals surface area contributed by atoms with Crippen LogP contribution in [0.3, 0.4) is 0 Å². The lowest BCUT2D eigenvalue weighted by atomic mass is 9.79. The number of ketones is 2. The number of aliphatic carboxylic acids is 2. The van der Waals surface area contributed by atoms with Crippen molar-refractivity contribution >= 4 is 90.5 Å². The van der Waals surface area contributed by atoms with Gasteiger partial charge in [0.2, 0.25) is 5.91 Å². The molecule has 3 saturated carbocycles. The van der Waals surface area contributed by atoms with Crippen LogP contribution < -0.4 is 65.4 Å². The molecule has 2 saturated heterocycles. The summed E-state index contributed by atoms with van der Waals surface area (Å²) in [5.41, 5.74) is 31.2. The summed E-state index contributed by atoms with van der Waals surface area (Å²) in [6, 6.07) is 27.4. The Hall–Kier alpha value is -11.6. The highest BCUT2D eigenvalue weighted by Gasteiger charge is 2.44. The zero-order valence-corrected chi connectivity index (χ0v) is 76.9. The Labute approximate surface area is 779 Å². The number of nitrogens with zero attached hydrogens (tertiary/aromatic N) is 5. The molecular weight excluding hydrogens is 1690 g/mol. The fourth-order valence-corrected chi connectivity index (χ4v) is 16.8. The number of Topliss-reactive ketones (excluding diaryl/α,β-unsaturated/α-hetero) is 2. The number of benzene rings is 4. The van der Waals surface area contributed by atoms with Crippen molar-refractivity contribution in [1.82, 2.24) is 58.0 Å². The fourth-order valence-electron chi connectivity index (χ4n) is 16.8. The van der Waals surface area contributed by atoms with Crippen LogP contribution in [-0.4, -0.2) is 217 Å². The maximum atomic E-state index is 13.3. The molecule has 0 bridgehead atoms. The number of rotatable bonds is 29. The summed E-state index contributed by atoms with van der Waals surface area (Å²) in [6.45, 7) is 22.3. The Balaban J connectivity index is 0.000000378. The molecule has 35 heteroatoms. The Morgan fingerprint density at radius 2 is 0.803 bits per heavy atom. The van der Waals surface area contributed by atoms with Gasteiger partial charge in [-0.3, -0.25) is 29.0 Å². The van der Waals surface area contributed by atoms with E-state index in [1.54, 1.807) is 41.5 Å². The number of nitrogens with one attached hydrogen (secondary N) is 9. The van der Waals surface area contributed by atoms with E-state index in [-0.39, 0.29) is 121 Å². The molecule has 0 radical (unpaired) electrons. The highest BCUT2D eigenvalue weighted by Crippen LogP contribution is 2.46. The van der Waals surface area contributed by atoms with Crippen molar-refractivity contribution in [3.8, 4) is 22.3 Å². The van der Waals surface area contributed by atoms with E-state index >= 15 is 0 Å². The van der Waals surface area contributed by atoms with Crippen molar-refractivity contribution in [2.45, 2.75) is 286 Å². The smallest absolute Gasteiger partial charge is 0.410 e. The standard InChI is InChI=1S/C35H46N6O5.C25H28N2O6.C18H32N4O5.C15H28N4O2.CH5N.3CH4/c1-3-25(19-38-40-34(44)37-18-22-13-15-23(16-14-22)32(42)4-2)39-33(43)31-17-24(36)20-41(31)35(45)46-21-30-28-11-7-5-9-26(28)27-10-6-8-12-29(27)30;1-25(2,3)33-23(30)26-15-12-21(22(28)29)27(13-15)24(31)32-14-20-18-10-6-4-8-16(18)17-9-5-7-11-19(17)20;1-5-14(21-17(26)27-18(2,3)4)11-20-22-16(25)19-10-12-6-8-13(9-7-12)15(23)24;1-3-13(16)10-18-19-15(21)17-9-11-5-7-12(8-6-11)14(20)4-2;1-2;;;/h5-12,19,22-25,30-31H,3-4,13-18,20-21,36H2,1-2H3,(H,39,43)(H2,37,40,44);4-11,15,20-21H,12-14H2,1-3H3,(H,26,30)(H,28,29);11-14H,5-10H2,1-4H3,(H,21,26)(H,23,24)(H2,19,22,25);10-13H,3-9,16H2,1-2H3,(H2,17,19,21);2H2,1H3;3*1H4/b38-19+;;20-11+;18-10+;;;;/t22?,23?,24-,25+,31+;15-,21+;12?,13?,14-;11?,12?,13-;;;;/m1100..../s1. The molecular formula is C97H151N17O18. The number of carboxylic acids is 2. The highest BCUT2D eigenvalue weighted by molar-refractivity contribution is 5.90. The molecule has 35 nitrogen and oxygen atoms in total. The first-order valence-corrected chi connectivity index (χ1v) is 45.4. The maximum Gasteiger partial charge on any atom is 0.410 e. The molecule has 132 heavy (non-hydrogen) atoms. The third-order valence-electron chi connectivity index (χ3n) is 23.9. The molecule has 11 amide bonds. The number of carbonyl (C=O) groups excluding carboxylic acids is 10. The van der Waals surface area contributed by atoms with Crippen LogP contribution in [0.25, 0.3) is 22.3 Å². The van der Waals surface area contributed by atoms with Gasteiger partial charge in [-0.15, -0.1) is 0 Å². The number of carbonyl (C=O) groups is 12. The summed E-state index contributed by atoms with van der Waals surface area (Å²) >= 11 is 0. The molecule has 732 valence electrons. The van der Waals surface area contributed by atoms with Gasteiger partial charge < -0.3 is 78.3 Å². The van der Waals surface area contributed by atoms with Gasteiger partial charge in [0.15, 0.2) is 0 Å². The lowest BCUT2D eigenvalue weighted by Gasteiger charge is -2.27. The van der Waals surface area contributed by atoms with E-state index in [4.69, 9.17) is 35.5 Å². The minimum absolute atomic E-state index is 0. The predicted molar refractivity (Wildman–Crippen MR) is 513 cm³/mol. The van der Waals surface area contributed by atoms with Crippen LogP contribution in [0.1, 0.15) is 255 Å². The lowest BCUT2D eigenvalue weighted by molar-refractivity contribution is -0.143. The van der Waals surface area contributed by atoms with Gasteiger partial charge in [0.25, 0.3) is 0 Å². The first-order chi connectivity index (χ1) is 61.6.